The van der Waals surface area contributed by atoms with Gasteiger partial charge in [0.2, 0.25) is 5.91 Å². The van der Waals surface area contributed by atoms with Crippen LogP contribution in [-0.4, -0.2) is 20.3 Å². The van der Waals surface area contributed by atoms with Crippen LogP contribution in [0.1, 0.15) is 39.6 Å². The van der Waals surface area contributed by atoms with Crippen molar-refractivity contribution in [1.82, 2.24) is 19.7 Å². The highest BCUT2D eigenvalue weighted by Gasteiger charge is 2.20. The van der Waals surface area contributed by atoms with E-state index in [-0.39, 0.29) is 18.4 Å². The van der Waals surface area contributed by atoms with Gasteiger partial charge in [-0.2, -0.15) is 0 Å². The largest absolute Gasteiger partial charge is 0.345 e. The monoisotopic (exact) mass is 384 g/mol. The second-order valence-electron chi connectivity index (χ2n) is 7.46. The van der Waals surface area contributed by atoms with Crippen molar-refractivity contribution in [1.29, 1.82) is 0 Å². The number of amides is 1. The number of hydrogen-bond donors (Lipinski definition) is 1. The maximum Gasteiger partial charge on any atom is 0.226 e. The first kappa shape index (κ1) is 18.9. The molecule has 146 valence electrons. The van der Waals surface area contributed by atoms with E-state index in [1.807, 2.05) is 48.0 Å². The fraction of sp³-hybridized carbons (Fsp3) is 0.208. The average molecular weight is 384 g/mol. The second kappa shape index (κ2) is 7.87. The summed E-state index contributed by atoms with van der Waals surface area (Å²) in [6.07, 6.45) is 7.53. The fourth-order valence-corrected chi connectivity index (χ4v) is 3.75. The maximum absolute atomic E-state index is 13.0. The summed E-state index contributed by atoms with van der Waals surface area (Å²) in [5.74, 6) is -0.0536. The number of nitrogens with zero attached hydrogens (tertiary/aromatic N) is 3. The summed E-state index contributed by atoms with van der Waals surface area (Å²) < 4.78 is 1.98. The van der Waals surface area contributed by atoms with Gasteiger partial charge in [-0.05, 0) is 55.2 Å². The molecule has 0 aliphatic heterocycles. The Labute approximate surface area is 170 Å². The molecule has 0 aliphatic carbocycles. The lowest BCUT2D eigenvalue weighted by Gasteiger charge is -2.22. The molecule has 1 aromatic carbocycles. The third-order valence-electron chi connectivity index (χ3n) is 5.21. The van der Waals surface area contributed by atoms with E-state index in [0.717, 1.165) is 33.6 Å². The Morgan fingerprint density at radius 2 is 1.93 bits per heavy atom. The first-order chi connectivity index (χ1) is 14.0. The number of imidazole rings is 1. The van der Waals surface area contributed by atoms with E-state index in [2.05, 4.69) is 47.3 Å². The molecular formula is C24H24N4O. The van der Waals surface area contributed by atoms with Crippen LogP contribution in [0, 0.1) is 20.8 Å². The van der Waals surface area contributed by atoms with Gasteiger partial charge >= 0.3 is 0 Å². The first-order valence-corrected chi connectivity index (χ1v) is 9.71. The number of aromatic nitrogens is 3. The van der Waals surface area contributed by atoms with E-state index in [1.165, 1.54) is 5.56 Å². The van der Waals surface area contributed by atoms with Crippen LogP contribution in [0.15, 0.2) is 67.3 Å². The Bertz CT molecular complexity index is 1160. The van der Waals surface area contributed by atoms with Gasteiger partial charge in [-0.25, -0.2) is 4.98 Å². The van der Waals surface area contributed by atoms with Crippen LogP contribution >= 0.6 is 0 Å². The molecule has 1 amide bonds. The van der Waals surface area contributed by atoms with Gasteiger partial charge in [0.25, 0.3) is 0 Å². The molecule has 0 unspecified atom stereocenters. The molecule has 0 aliphatic rings. The van der Waals surface area contributed by atoms with Crippen molar-refractivity contribution in [3.8, 4) is 0 Å². The number of benzene rings is 1. The van der Waals surface area contributed by atoms with E-state index >= 15 is 0 Å². The molecule has 5 heteroatoms. The molecule has 0 saturated carbocycles. The number of nitrogens with one attached hydrogen (secondary N) is 1. The first-order valence-electron chi connectivity index (χ1n) is 9.71. The highest BCUT2D eigenvalue weighted by atomic mass is 16.1. The van der Waals surface area contributed by atoms with Crippen LogP contribution in [0.4, 0.5) is 0 Å². The zero-order chi connectivity index (χ0) is 20.4. The topological polar surface area (TPSA) is 59.3 Å². The van der Waals surface area contributed by atoms with Gasteiger partial charge in [0, 0.05) is 24.8 Å². The van der Waals surface area contributed by atoms with Crippen molar-refractivity contribution in [2.75, 3.05) is 0 Å². The van der Waals surface area contributed by atoms with E-state index in [0.29, 0.717) is 0 Å². The number of carbonyl (C=O) groups is 1. The Morgan fingerprint density at radius 3 is 2.69 bits per heavy atom. The zero-order valence-electron chi connectivity index (χ0n) is 16.9. The predicted molar refractivity (Wildman–Crippen MR) is 114 cm³/mol. The van der Waals surface area contributed by atoms with Gasteiger partial charge in [-0.15, -0.1) is 0 Å². The fourth-order valence-electron chi connectivity index (χ4n) is 3.75. The van der Waals surface area contributed by atoms with Crippen molar-refractivity contribution in [2.24, 2.45) is 0 Å². The Kier molecular flexibility index (Phi) is 5.12. The van der Waals surface area contributed by atoms with Crippen molar-refractivity contribution in [2.45, 2.75) is 33.2 Å². The van der Waals surface area contributed by atoms with Gasteiger partial charge in [-0.3, -0.25) is 9.78 Å². The van der Waals surface area contributed by atoms with Crippen LogP contribution in [0.2, 0.25) is 0 Å². The molecule has 0 bridgehead atoms. The van der Waals surface area contributed by atoms with Crippen LogP contribution in [0.3, 0.4) is 0 Å². The van der Waals surface area contributed by atoms with Gasteiger partial charge in [0.1, 0.15) is 5.65 Å². The van der Waals surface area contributed by atoms with Gasteiger partial charge in [-0.1, -0.05) is 35.9 Å². The van der Waals surface area contributed by atoms with Crippen LogP contribution in [0.5, 0.6) is 0 Å². The molecule has 0 fully saturated rings. The van der Waals surface area contributed by atoms with Gasteiger partial charge in [0.15, 0.2) is 0 Å². The van der Waals surface area contributed by atoms with Crippen LogP contribution < -0.4 is 5.32 Å². The average Bonchev–Trinajstić information content (AvgIpc) is 3.11. The van der Waals surface area contributed by atoms with E-state index in [1.54, 1.807) is 12.4 Å². The molecule has 4 aromatic rings. The molecule has 3 aromatic heterocycles. The summed E-state index contributed by atoms with van der Waals surface area (Å²) in [5, 5.41) is 3.21. The van der Waals surface area contributed by atoms with Crippen LogP contribution in [0.25, 0.3) is 5.65 Å². The van der Waals surface area contributed by atoms with Crippen LogP contribution in [-0.2, 0) is 11.2 Å². The van der Waals surface area contributed by atoms with Crippen molar-refractivity contribution >= 4 is 11.6 Å². The van der Waals surface area contributed by atoms with Gasteiger partial charge in [0.05, 0.1) is 18.2 Å². The summed E-state index contributed by atoms with van der Waals surface area (Å²) in [4.78, 5) is 21.7. The number of aryl methyl sites for hydroxylation is 3. The van der Waals surface area contributed by atoms with Crippen molar-refractivity contribution in [3.05, 3.63) is 101 Å². The Morgan fingerprint density at radius 1 is 1.07 bits per heavy atom. The molecular weight excluding hydrogens is 360 g/mol. The summed E-state index contributed by atoms with van der Waals surface area (Å²) in [5.41, 5.74) is 7.21. The minimum atomic E-state index is -0.252. The Balaban J connectivity index is 1.63. The number of carbonyl (C=O) groups excluding carboxylic acids is 1. The minimum absolute atomic E-state index is 0.0536. The number of rotatable bonds is 5. The zero-order valence-corrected chi connectivity index (χ0v) is 16.9. The summed E-state index contributed by atoms with van der Waals surface area (Å²) in [6.45, 7) is 6.16. The third kappa shape index (κ3) is 3.90. The quantitative estimate of drug-likeness (QED) is 0.563. The minimum Gasteiger partial charge on any atom is -0.345 e. The molecule has 0 spiro atoms. The highest BCUT2D eigenvalue weighted by molar-refractivity contribution is 5.79. The normalized spacial score (nSPS) is 12.1. The molecule has 0 radical (unpaired) electrons. The molecule has 0 saturated heterocycles. The standard InChI is InChI=1S/C24H24N4O/c1-16-8-9-21(18(3)12-16)23(19-7-4-10-25-14-19)27-22(29)13-20-15-26-24-17(2)6-5-11-28(20)24/h4-12,14-15,23H,13H2,1-3H3,(H,27,29)/t23-/m0/s1. The van der Waals surface area contributed by atoms with Crippen molar-refractivity contribution < 1.29 is 4.79 Å². The molecule has 29 heavy (non-hydrogen) atoms. The number of pyridine rings is 2. The smallest absolute Gasteiger partial charge is 0.226 e. The molecule has 1 atom stereocenters. The lowest BCUT2D eigenvalue weighted by atomic mass is 9.94. The lowest BCUT2D eigenvalue weighted by molar-refractivity contribution is -0.121. The third-order valence-corrected chi connectivity index (χ3v) is 5.21. The summed E-state index contributed by atoms with van der Waals surface area (Å²) in [6, 6.07) is 13.9. The maximum atomic E-state index is 13.0. The van der Waals surface area contributed by atoms with E-state index in [4.69, 9.17) is 0 Å². The lowest BCUT2D eigenvalue weighted by Crippen LogP contribution is -2.31. The SMILES string of the molecule is Cc1ccc([C@@H](NC(=O)Cc2cnc3c(C)cccn23)c2cccnc2)c(C)c1. The molecule has 1 N–H and O–H groups in total. The summed E-state index contributed by atoms with van der Waals surface area (Å²) >= 11 is 0. The molecule has 3 heterocycles. The predicted octanol–water partition coefficient (Wildman–Crippen LogP) is 4.10. The summed E-state index contributed by atoms with van der Waals surface area (Å²) in [7, 11) is 0. The highest BCUT2D eigenvalue weighted by Crippen LogP contribution is 2.25. The van der Waals surface area contributed by atoms with Gasteiger partial charge < -0.3 is 9.72 Å². The van der Waals surface area contributed by atoms with E-state index in [9.17, 15) is 4.79 Å². The van der Waals surface area contributed by atoms with E-state index < -0.39 is 0 Å². The second-order valence-corrected chi connectivity index (χ2v) is 7.46. The molecule has 4 rings (SSSR count). The molecule has 5 nitrogen and oxygen atoms in total. The number of fused-ring (bicyclic) bond motifs is 1. The number of hydrogen-bond acceptors (Lipinski definition) is 3. The van der Waals surface area contributed by atoms with Crippen molar-refractivity contribution in [3.63, 3.8) is 0 Å². The Hall–Kier alpha value is -3.47.